The van der Waals surface area contributed by atoms with Gasteiger partial charge in [-0.25, -0.2) is 0 Å². The largest absolute Gasteiger partial charge is 0.309 e. The van der Waals surface area contributed by atoms with Gasteiger partial charge in [0.05, 0.1) is 16.8 Å². The first-order chi connectivity index (χ1) is 34.8. The van der Waals surface area contributed by atoms with Crippen LogP contribution in [0.5, 0.6) is 0 Å². The standard InChI is InChI=1S/C69H47N/c1-6-23-48(24-7-1)52-45-53(49-25-8-2-9-26-49)47-54(46-52)50-41-43-57(44-42-50)70(68-61-36-19-17-34-59(61)58-33-16-18-35-60(58)66(68)51-27-10-3-11-28-51)65-40-22-39-64-67(65)62-37-20-21-38-63(62)69(64,55-29-12-4-13-30-55)56-31-14-5-15-32-56/h1-47H. The van der Waals surface area contributed by atoms with E-state index in [0.717, 1.165) is 22.6 Å². The van der Waals surface area contributed by atoms with Gasteiger partial charge in [0.1, 0.15) is 0 Å². The number of rotatable bonds is 9. The zero-order chi connectivity index (χ0) is 46.4. The lowest BCUT2D eigenvalue weighted by molar-refractivity contribution is 0.768. The molecule has 1 heteroatoms. The van der Waals surface area contributed by atoms with Crippen LogP contribution in [-0.4, -0.2) is 0 Å². The number of hydrogen-bond acceptors (Lipinski definition) is 1. The van der Waals surface area contributed by atoms with Gasteiger partial charge in [-0.1, -0.05) is 249 Å². The molecule has 0 amide bonds. The molecule has 0 unspecified atom stereocenters. The Morgan fingerprint density at radius 2 is 0.671 bits per heavy atom. The van der Waals surface area contributed by atoms with Crippen molar-refractivity contribution in [3.63, 3.8) is 0 Å². The summed E-state index contributed by atoms with van der Waals surface area (Å²) < 4.78 is 0. The van der Waals surface area contributed by atoms with Gasteiger partial charge in [-0.05, 0) is 119 Å². The van der Waals surface area contributed by atoms with Crippen LogP contribution < -0.4 is 4.90 Å². The molecule has 1 aliphatic carbocycles. The summed E-state index contributed by atoms with van der Waals surface area (Å²) in [6.07, 6.45) is 0. The van der Waals surface area contributed by atoms with Gasteiger partial charge in [0.25, 0.3) is 0 Å². The minimum Gasteiger partial charge on any atom is -0.309 e. The Hall–Kier alpha value is -9.04. The molecule has 12 aromatic rings. The summed E-state index contributed by atoms with van der Waals surface area (Å²) in [6, 6.07) is 105. The molecule has 0 atom stereocenters. The van der Waals surface area contributed by atoms with E-state index >= 15 is 0 Å². The molecule has 0 saturated carbocycles. The molecule has 1 aliphatic rings. The summed E-state index contributed by atoms with van der Waals surface area (Å²) in [5.41, 5.74) is 19.8. The second kappa shape index (κ2) is 17.2. The molecule has 1 nitrogen and oxygen atoms in total. The fraction of sp³-hybridized carbons (Fsp3) is 0.0145. The van der Waals surface area contributed by atoms with Gasteiger partial charge >= 0.3 is 0 Å². The monoisotopic (exact) mass is 889 g/mol. The lowest BCUT2D eigenvalue weighted by Crippen LogP contribution is -2.28. The van der Waals surface area contributed by atoms with E-state index in [1.807, 2.05) is 0 Å². The molecule has 0 aliphatic heterocycles. The number of nitrogens with zero attached hydrogens (tertiary/aromatic N) is 1. The van der Waals surface area contributed by atoms with Gasteiger partial charge in [0, 0.05) is 22.2 Å². The minimum atomic E-state index is -0.562. The van der Waals surface area contributed by atoms with Gasteiger partial charge in [0.15, 0.2) is 0 Å². The number of anilines is 3. The minimum absolute atomic E-state index is 0.562. The lowest BCUT2D eigenvalue weighted by atomic mass is 9.68. The van der Waals surface area contributed by atoms with E-state index < -0.39 is 5.41 Å². The van der Waals surface area contributed by atoms with Crippen molar-refractivity contribution in [1.29, 1.82) is 0 Å². The van der Waals surface area contributed by atoms with Crippen molar-refractivity contribution in [2.24, 2.45) is 0 Å². The SMILES string of the molecule is c1ccc(-c2cc(-c3ccccc3)cc(-c3ccc(N(c4cccc5c4-c4ccccc4C5(c4ccccc4)c4ccccc4)c4c(-c5ccccc5)c5ccccc5c5ccccc45)cc3)c2)cc1. The number of hydrogen-bond donors (Lipinski definition) is 0. The average Bonchev–Trinajstić information content (AvgIpc) is 3.76. The third-order valence-corrected chi connectivity index (χ3v) is 14.5. The molecular weight excluding hydrogens is 843 g/mol. The van der Waals surface area contributed by atoms with Crippen LogP contribution in [0.4, 0.5) is 17.1 Å². The van der Waals surface area contributed by atoms with Crippen molar-refractivity contribution in [2.75, 3.05) is 4.90 Å². The Morgan fingerprint density at radius 3 is 1.23 bits per heavy atom. The first kappa shape index (κ1) is 41.2. The highest BCUT2D eigenvalue weighted by Gasteiger charge is 2.47. The molecule has 0 fully saturated rings. The Kier molecular flexibility index (Phi) is 10.1. The van der Waals surface area contributed by atoms with Crippen LogP contribution in [0.2, 0.25) is 0 Å². The van der Waals surface area contributed by atoms with Crippen LogP contribution in [0.25, 0.3) is 77.2 Å². The second-order valence-corrected chi connectivity index (χ2v) is 18.3. The maximum Gasteiger partial charge on any atom is 0.0714 e. The highest BCUT2D eigenvalue weighted by molar-refractivity contribution is 6.23. The predicted molar refractivity (Wildman–Crippen MR) is 295 cm³/mol. The molecule has 0 aromatic heterocycles. The fourth-order valence-corrected chi connectivity index (χ4v) is 11.5. The Morgan fingerprint density at radius 1 is 0.257 bits per heavy atom. The van der Waals surface area contributed by atoms with Gasteiger partial charge < -0.3 is 4.90 Å². The first-order valence-corrected chi connectivity index (χ1v) is 24.3. The summed E-state index contributed by atoms with van der Waals surface area (Å²) in [4.78, 5) is 2.58. The molecular formula is C69H47N. The summed E-state index contributed by atoms with van der Waals surface area (Å²) in [7, 11) is 0. The van der Waals surface area contributed by atoms with E-state index in [9.17, 15) is 0 Å². The van der Waals surface area contributed by atoms with E-state index in [1.54, 1.807) is 0 Å². The highest BCUT2D eigenvalue weighted by atomic mass is 15.2. The summed E-state index contributed by atoms with van der Waals surface area (Å²) in [6.45, 7) is 0. The zero-order valence-corrected chi connectivity index (χ0v) is 38.6. The van der Waals surface area contributed by atoms with E-state index in [2.05, 4.69) is 290 Å². The first-order valence-electron chi connectivity index (χ1n) is 24.3. The van der Waals surface area contributed by atoms with Crippen molar-refractivity contribution < 1.29 is 0 Å². The van der Waals surface area contributed by atoms with Crippen molar-refractivity contribution in [3.8, 4) is 55.6 Å². The zero-order valence-electron chi connectivity index (χ0n) is 38.6. The smallest absolute Gasteiger partial charge is 0.0714 e. The quantitative estimate of drug-likeness (QED) is 0.131. The Balaban J connectivity index is 1.11. The van der Waals surface area contributed by atoms with Crippen molar-refractivity contribution in [2.45, 2.75) is 5.41 Å². The second-order valence-electron chi connectivity index (χ2n) is 18.3. The third kappa shape index (κ3) is 6.70. The normalized spacial score (nSPS) is 12.4. The van der Waals surface area contributed by atoms with Gasteiger partial charge in [0.2, 0.25) is 0 Å². The molecule has 12 aromatic carbocycles. The summed E-state index contributed by atoms with van der Waals surface area (Å²) >= 11 is 0. The van der Waals surface area contributed by atoms with E-state index in [0.29, 0.717) is 0 Å². The maximum absolute atomic E-state index is 2.58. The van der Waals surface area contributed by atoms with Gasteiger partial charge in [-0.15, -0.1) is 0 Å². The molecule has 0 N–H and O–H groups in total. The van der Waals surface area contributed by atoms with E-state index in [-0.39, 0.29) is 0 Å². The van der Waals surface area contributed by atoms with Crippen molar-refractivity contribution in [3.05, 3.63) is 307 Å². The fourth-order valence-electron chi connectivity index (χ4n) is 11.5. The maximum atomic E-state index is 2.58. The van der Waals surface area contributed by atoms with Crippen LogP contribution >= 0.6 is 0 Å². The number of fused-ring (bicyclic) bond motifs is 6. The molecule has 13 rings (SSSR count). The Labute approximate surface area is 409 Å². The summed E-state index contributed by atoms with van der Waals surface area (Å²) in [5, 5.41) is 4.86. The molecule has 328 valence electrons. The van der Waals surface area contributed by atoms with Crippen LogP contribution in [0.15, 0.2) is 285 Å². The molecule has 70 heavy (non-hydrogen) atoms. The molecule has 0 bridgehead atoms. The molecule has 0 heterocycles. The third-order valence-electron chi connectivity index (χ3n) is 14.5. The van der Waals surface area contributed by atoms with E-state index in [4.69, 9.17) is 0 Å². The predicted octanol–water partition coefficient (Wildman–Crippen LogP) is 18.5. The van der Waals surface area contributed by atoms with Gasteiger partial charge in [-0.2, -0.15) is 0 Å². The summed E-state index contributed by atoms with van der Waals surface area (Å²) in [5.74, 6) is 0. The van der Waals surface area contributed by atoms with Crippen molar-refractivity contribution in [1.82, 2.24) is 0 Å². The topological polar surface area (TPSA) is 3.24 Å². The van der Waals surface area contributed by atoms with Crippen LogP contribution in [-0.2, 0) is 5.41 Å². The molecule has 0 radical (unpaired) electrons. The average molecular weight is 890 g/mol. The lowest BCUT2D eigenvalue weighted by Gasteiger charge is -2.35. The van der Waals surface area contributed by atoms with Crippen molar-refractivity contribution >= 4 is 38.6 Å². The molecule has 0 saturated heterocycles. The number of benzene rings is 12. The van der Waals surface area contributed by atoms with Crippen LogP contribution in [0.3, 0.4) is 0 Å². The van der Waals surface area contributed by atoms with Crippen LogP contribution in [0.1, 0.15) is 22.3 Å². The molecule has 0 spiro atoms. The van der Waals surface area contributed by atoms with Crippen LogP contribution in [0, 0.1) is 0 Å². The van der Waals surface area contributed by atoms with E-state index in [1.165, 1.54) is 93.9 Å². The van der Waals surface area contributed by atoms with Gasteiger partial charge in [-0.3, -0.25) is 0 Å². The Bertz CT molecular complexity index is 3750. The highest BCUT2D eigenvalue weighted by Crippen LogP contribution is 2.60.